The zero-order valence-electron chi connectivity index (χ0n) is 14.6. The molecular weight excluding hydrogens is 337 g/mol. The van der Waals surface area contributed by atoms with E-state index >= 15 is 0 Å². The third-order valence-corrected chi connectivity index (χ3v) is 6.40. The number of benzene rings is 1. The molecule has 8 heteroatoms. The van der Waals surface area contributed by atoms with Crippen molar-refractivity contribution in [2.75, 3.05) is 31.5 Å². The number of piperidine rings is 2. The number of rotatable bonds is 6. The highest BCUT2D eigenvalue weighted by Crippen LogP contribution is 2.40. The fourth-order valence-electron chi connectivity index (χ4n) is 3.22. The lowest BCUT2D eigenvalue weighted by Gasteiger charge is -2.35. The smallest absolute Gasteiger partial charge is 0.317 e. The number of carbonyl (C=O) groups is 1. The van der Waals surface area contributed by atoms with Crippen molar-refractivity contribution in [1.82, 2.24) is 20.4 Å². The Morgan fingerprint density at radius 1 is 0.800 bits per heavy atom. The van der Waals surface area contributed by atoms with Gasteiger partial charge in [-0.15, -0.1) is 0 Å². The van der Waals surface area contributed by atoms with Gasteiger partial charge < -0.3 is 5.32 Å². The summed E-state index contributed by atoms with van der Waals surface area (Å²) >= 11 is 0. The Hall–Kier alpha value is -1.24. The Morgan fingerprint density at radius 3 is 1.76 bits per heavy atom. The van der Waals surface area contributed by atoms with E-state index < -0.39 is 13.1 Å². The Labute approximate surface area is 149 Å². The van der Waals surface area contributed by atoms with Crippen LogP contribution in [0, 0.1) is 0 Å². The van der Waals surface area contributed by atoms with E-state index in [1.165, 1.54) is 12.8 Å². The maximum absolute atomic E-state index is 13.5. The van der Waals surface area contributed by atoms with Crippen molar-refractivity contribution >= 4 is 18.8 Å². The van der Waals surface area contributed by atoms with E-state index in [1.807, 2.05) is 28.2 Å². The molecule has 138 valence electrons. The van der Waals surface area contributed by atoms with Crippen molar-refractivity contribution in [3.63, 3.8) is 0 Å². The molecule has 0 radical (unpaired) electrons. The zero-order chi connectivity index (χ0) is 17.5. The molecule has 0 bridgehead atoms. The summed E-state index contributed by atoms with van der Waals surface area (Å²) < 4.78 is 13.5. The van der Waals surface area contributed by atoms with E-state index in [9.17, 15) is 9.36 Å². The average molecular weight is 365 g/mol. The van der Waals surface area contributed by atoms with Crippen LogP contribution in [0.4, 0.5) is 10.5 Å². The third kappa shape index (κ3) is 5.36. The molecule has 0 aromatic heterocycles. The normalized spacial score (nSPS) is 20.3. The highest BCUT2D eigenvalue weighted by Gasteiger charge is 2.36. The molecule has 0 spiro atoms. The lowest BCUT2D eigenvalue weighted by molar-refractivity contribution is 0.173. The number of amides is 1. The van der Waals surface area contributed by atoms with E-state index in [1.54, 1.807) is 12.1 Å². The van der Waals surface area contributed by atoms with Gasteiger partial charge >= 0.3 is 13.1 Å². The molecule has 0 atom stereocenters. The molecule has 2 heterocycles. The summed E-state index contributed by atoms with van der Waals surface area (Å²) in [4.78, 5) is 12.8. The number of nitrogens with zero attached hydrogens (tertiary/aromatic N) is 2. The summed E-state index contributed by atoms with van der Waals surface area (Å²) in [7, 11) is -3.51. The van der Waals surface area contributed by atoms with Gasteiger partial charge in [0.05, 0.1) is 0 Å². The first-order valence-corrected chi connectivity index (χ1v) is 10.9. The second-order valence-electron chi connectivity index (χ2n) is 6.70. The second-order valence-corrected chi connectivity index (χ2v) is 8.73. The molecule has 0 saturated carbocycles. The van der Waals surface area contributed by atoms with Crippen LogP contribution in [0.5, 0.6) is 0 Å². The predicted molar refractivity (Wildman–Crippen MR) is 100 cm³/mol. The molecule has 2 aliphatic rings. The molecule has 0 aliphatic carbocycles. The topological polar surface area (TPSA) is 76.7 Å². The van der Waals surface area contributed by atoms with Crippen LogP contribution < -0.4 is 15.7 Å². The van der Waals surface area contributed by atoms with Gasteiger partial charge in [0.15, 0.2) is 0 Å². The van der Waals surface area contributed by atoms with Gasteiger partial charge in [0.2, 0.25) is 0 Å². The monoisotopic (exact) mass is 365 g/mol. The van der Waals surface area contributed by atoms with Crippen LogP contribution in [0.2, 0.25) is 0 Å². The first-order valence-electron chi connectivity index (χ1n) is 9.18. The first kappa shape index (κ1) is 18.5. The van der Waals surface area contributed by atoms with Crippen LogP contribution in [0.1, 0.15) is 38.5 Å². The molecule has 0 unspecified atom stereocenters. The number of nitrogens with one attached hydrogen (secondary N) is 3. The minimum Gasteiger partial charge on any atom is -0.317 e. The molecule has 3 rings (SSSR count). The van der Waals surface area contributed by atoms with Crippen LogP contribution in [-0.2, 0) is 4.57 Å². The number of anilines is 1. The van der Waals surface area contributed by atoms with E-state index in [2.05, 4.69) is 15.7 Å². The van der Waals surface area contributed by atoms with E-state index in [4.69, 9.17) is 0 Å². The van der Waals surface area contributed by atoms with Gasteiger partial charge in [0, 0.05) is 31.9 Å². The average Bonchev–Trinajstić information content (AvgIpc) is 2.64. The Kier molecular flexibility index (Phi) is 6.62. The largest absolute Gasteiger partial charge is 0.323 e. The minimum atomic E-state index is -3.51. The molecule has 2 saturated heterocycles. The molecule has 3 N–H and O–H groups in total. The van der Waals surface area contributed by atoms with Gasteiger partial charge in [-0.25, -0.2) is 10.0 Å². The van der Waals surface area contributed by atoms with Crippen molar-refractivity contribution in [2.24, 2.45) is 0 Å². The lowest BCUT2D eigenvalue weighted by atomic mass is 10.2. The van der Waals surface area contributed by atoms with Gasteiger partial charge in [-0.3, -0.25) is 9.36 Å². The van der Waals surface area contributed by atoms with Crippen molar-refractivity contribution in [2.45, 2.75) is 38.5 Å². The number of carbonyl (C=O) groups excluding carboxylic acids is 1. The van der Waals surface area contributed by atoms with Crippen LogP contribution in [0.25, 0.3) is 0 Å². The van der Waals surface area contributed by atoms with Crippen LogP contribution >= 0.6 is 7.44 Å². The van der Waals surface area contributed by atoms with E-state index in [0.717, 1.165) is 51.9 Å². The Morgan fingerprint density at radius 2 is 1.28 bits per heavy atom. The molecule has 1 aromatic rings. The summed E-state index contributed by atoms with van der Waals surface area (Å²) in [6.07, 6.45) is 6.57. The number of hydrogen-bond donors (Lipinski definition) is 3. The quantitative estimate of drug-likeness (QED) is 0.671. The minimum absolute atomic E-state index is 0.505. The number of hydrazine groups is 2. The summed E-state index contributed by atoms with van der Waals surface area (Å²) in [5.41, 5.74) is 0.142. The third-order valence-electron chi connectivity index (χ3n) is 4.59. The molecule has 2 aliphatic heterocycles. The number of para-hydroxylation sites is 1. The summed E-state index contributed by atoms with van der Waals surface area (Å²) in [5.74, 6) is 0. The van der Waals surface area contributed by atoms with Crippen LogP contribution in [0.3, 0.4) is 0 Å². The summed E-state index contributed by atoms with van der Waals surface area (Å²) in [6.45, 7) is 3.24. The van der Waals surface area contributed by atoms with Gasteiger partial charge in [-0.2, -0.15) is 10.4 Å². The van der Waals surface area contributed by atoms with E-state index in [-0.39, 0.29) is 0 Å². The Bertz CT molecular complexity index is 576. The highest BCUT2D eigenvalue weighted by molar-refractivity contribution is 7.77. The maximum atomic E-state index is 13.5. The molecule has 7 nitrogen and oxygen atoms in total. The highest BCUT2D eigenvalue weighted by atomic mass is 31.2. The summed E-state index contributed by atoms with van der Waals surface area (Å²) in [6, 6.07) is 9.16. The van der Waals surface area contributed by atoms with Gasteiger partial charge in [-0.05, 0) is 37.8 Å². The van der Waals surface area contributed by atoms with Gasteiger partial charge in [-0.1, -0.05) is 31.0 Å². The molecule has 25 heavy (non-hydrogen) atoms. The zero-order valence-corrected chi connectivity index (χ0v) is 15.5. The van der Waals surface area contributed by atoms with E-state index in [0.29, 0.717) is 5.69 Å². The summed E-state index contributed by atoms with van der Waals surface area (Å²) in [5, 5.41) is 12.7. The maximum Gasteiger partial charge on any atom is 0.323 e. The molecule has 2 fully saturated rings. The van der Waals surface area contributed by atoms with Crippen molar-refractivity contribution in [1.29, 1.82) is 0 Å². The molecule has 1 amide bonds. The fraction of sp³-hybridized carbons (Fsp3) is 0.588. The second kappa shape index (κ2) is 8.92. The predicted octanol–water partition coefficient (Wildman–Crippen LogP) is 3.39. The molecule has 1 aromatic carbocycles. The Balaban J connectivity index is 1.71. The SMILES string of the molecule is O=C(Nc1ccccc1)P(=O)(NN1CCCCC1)NN1CCCCC1. The van der Waals surface area contributed by atoms with Gasteiger partial charge in [0.25, 0.3) is 0 Å². The standard InChI is InChI=1S/C17H28N5O2P/c23-17(18-16-10-4-1-5-11-16)25(24,19-21-12-6-2-7-13-21)20-22-14-8-3-9-15-22/h1,4-5,10-11H,2-3,6-9,12-15H2,(H,18,23)(H2,19,20,24). The van der Waals surface area contributed by atoms with Crippen molar-refractivity contribution in [3.8, 4) is 0 Å². The van der Waals surface area contributed by atoms with Crippen molar-refractivity contribution in [3.05, 3.63) is 30.3 Å². The van der Waals surface area contributed by atoms with Crippen LogP contribution in [-0.4, -0.2) is 41.8 Å². The fourth-order valence-corrected chi connectivity index (χ4v) is 4.93. The lowest BCUT2D eigenvalue weighted by Crippen LogP contribution is -2.49. The number of hydrogen-bond acceptors (Lipinski definition) is 4. The first-order chi connectivity index (χ1) is 12.2. The van der Waals surface area contributed by atoms with Crippen LogP contribution in [0.15, 0.2) is 30.3 Å². The van der Waals surface area contributed by atoms with Crippen molar-refractivity contribution < 1.29 is 9.36 Å². The van der Waals surface area contributed by atoms with Gasteiger partial charge in [0.1, 0.15) is 0 Å². The molecular formula is C17H28N5O2P.